The molecule has 4 fully saturated rings. The Labute approximate surface area is 223 Å². The highest BCUT2D eigenvalue weighted by molar-refractivity contribution is 5.75. The zero-order valence-electron chi connectivity index (χ0n) is 23.4. The van der Waals surface area contributed by atoms with Crippen LogP contribution in [-0.2, 0) is 11.3 Å². The van der Waals surface area contributed by atoms with E-state index >= 15 is 0 Å². The summed E-state index contributed by atoms with van der Waals surface area (Å²) < 4.78 is 5.21. The monoisotopic (exact) mass is 511 g/mol. The Morgan fingerprint density at radius 3 is 2.54 bits per heavy atom. The first-order chi connectivity index (χ1) is 17.7. The molecule has 1 aromatic carbocycles. The average molecular weight is 512 g/mol. The van der Waals surface area contributed by atoms with Gasteiger partial charge < -0.3 is 20.3 Å². The molecule has 37 heavy (non-hydrogen) atoms. The number of aliphatic hydroxyl groups is 2. The highest BCUT2D eigenvalue weighted by Crippen LogP contribution is 2.68. The van der Waals surface area contributed by atoms with Gasteiger partial charge in [-0.3, -0.25) is 4.79 Å². The molecular weight excluding hydrogens is 462 g/mol. The quantitative estimate of drug-likeness (QED) is 0.438. The van der Waals surface area contributed by atoms with Gasteiger partial charge in [0.15, 0.2) is 0 Å². The van der Waals surface area contributed by atoms with Gasteiger partial charge >= 0.3 is 0 Å². The molecule has 206 valence electrons. The topological polar surface area (TPSA) is 78.8 Å². The molecule has 0 aliphatic heterocycles. The van der Waals surface area contributed by atoms with E-state index in [1.54, 1.807) is 7.11 Å². The maximum absolute atomic E-state index is 12.7. The molecule has 4 aliphatic rings. The number of benzene rings is 1. The van der Waals surface area contributed by atoms with E-state index in [-0.39, 0.29) is 28.9 Å². The molecule has 5 nitrogen and oxygen atoms in total. The highest BCUT2D eigenvalue weighted by atomic mass is 16.5. The predicted octanol–water partition coefficient (Wildman–Crippen LogP) is 5.72. The average Bonchev–Trinajstić information content (AvgIpc) is 3.26. The second-order valence-electron chi connectivity index (χ2n) is 13.5. The standard InChI is InChI=1S/C32H49NO4/c1-20(5-14-30(36)33-19-21-6-9-24(37-4)10-7-21)26-12-13-27-25-11-8-22-17-23(34)15-16-31(22,2)28(25)18-29(35)32(26,27)3/h6-7,9-10,20,22-23,25-29,34-35H,5,8,11-19H2,1-4H3,(H,33,36). The van der Waals surface area contributed by atoms with Crippen molar-refractivity contribution >= 4 is 5.91 Å². The maximum Gasteiger partial charge on any atom is 0.220 e. The zero-order valence-corrected chi connectivity index (χ0v) is 23.4. The SMILES string of the molecule is COc1ccc(CNC(=O)CCC(C)C2CCC3C4CCC5CC(O)CCC5(C)C4CC(O)C23C)cc1. The molecule has 5 heteroatoms. The van der Waals surface area contributed by atoms with E-state index in [4.69, 9.17) is 4.74 Å². The van der Waals surface area contributed by atoms with Gasteiger partial charge in [0.05, 0.1) is 19.3 Å². The summed E-state index contributed by atoms with van der Waals surface area (Å²) in [5.74, 6) is 4.31. The molecule has 1 amide bonds. The molecule has 0 spiro atoms. The van der Waals surface area contributed by atoms with Gasteiger partial charge in [-0.1, -0.05) is 32.9 Å². The molecular formula is C32H49NO4. The van der Waals surface area contributed by atoms with Crippen LogP contribution in [0.3, 0.4) is 0 Å². The molecule has 10 atom stereocenters. The summed E-state index contributed by atoms with van der Waals surface area (Å²) in [6.45, 7) is 7.72. The van der Waals surface area contributed by atoms with Crippen molar-refractivity contribution in [3.8, 4) is 5.75 Å². The minimum Gasteiger partial charge on any atom is -0.497 e. The van der Waals surface area contributed by atoms with Gasteiger partial charge in [-0.15, -0.1) is 0 Å². The van der Waals surface area contributed by atoms with E-state index in [0.29, 0.717) is 48.5 Å². The summed E-state index contributed by atoms with van der Waals surface area (Å²) in [7, 11) is 1.66. The molecule has 3 N–H and O–H groups in total. The lowest BCUT2D eigenvalue weighted by Crippen LogP contribution is -2.58. The maximum atomic E-state index is 12.7. The Hall–Kier alpha value is -1.59. The Morgan fingerprint density at radius 2 is 1.81 bits per heavy atom. The molecule has 4 saturated carbocycles. The number of hydrogen-bond donors (Lipinski definition) is 3. The van der Waals surface area contributed by atoms with Crippen molar-refractivity contribution in [2.45, 2.75) is 104 Å². The normalized spacial score (nSPS) is 41.7. The van der Waals surface area contributed by atoms with Crippen molar-refractivity contribution in [2.75, 3.05) is 7.11 Å². The molecule has 5 rings (SSSR count). The Kier molecular flexibility index (Phi) is 7.68. The number of amides is 1. The first-order valence-corrected chi connectivity index (χ1v) is 14.9. The summed E-state index contributed by atoms with van der Waals surface area (Å²) >= 11 is 0. The molecule has 0 heterocycles. The fraction of sp³-hybridized carbons (Fsp3) is 0.781. The molecule has 0 aromatic heterocycles. The molecule has 1 aromatic rings. The van der Waals surface area contributed by atoms with Crippen LogP contribution in [0.1, 0.15) is 90.5 Å². The first-order valence-electron chi connectivity index (χ1n) is 14.9. The van der Waals surface area contributed by atoms with Crippen LogP contribution in [0.4, 0.5) is 0 Å². The number of carbonyl (C=O) groups is 1. The van der Waals surface area contributed by atoms with Crippen molar-refractivity contribution in [1.82, 2.24) is 5.32 Å². The van der Waals surface area contributed by atoms with E-state index in [9.17, 15) is 15.0 Å². The summed E-state index contributed by atoms with van der Waals surface area (Å²) in [6.07, 6.45) is 9.84. The van der Waals surface area contributed by atoms with Gasteiger partial charge in [0.1, 0.15) is 5.75 Å². The van der Waals surface area contributed by atoms with E-state index in [0.717, 1.165) is 43.4 Å². The lowest BCUT2D eigenvalue weighted by molar-refractivity contribution is -0.174. The number of ether oxygens (including phenoxy) is 1. The number of carbonyl (C=O) groups excluding carboxylic acids is 1. The van der Waals surface area contributed by atoms with Crippen molar-refractivity contribution in [2.24, 2.45) is 46.3 Å². The fourth-order valence-electron chi connectivity index (χ4n) is 9.75. The van der Waals surface area contributed by atoms with Crippen LogP contribution < -0.4 is 10.1 Å². The molecule has 10 unspecified atom stereocenters. The van der Waals surface area contributed by atoms with Crippen molar-refractivity contribution in [3.63, 3.8) is 0 Å². The molecule has 0 saturated heterocycles. The lowest BCUT2D eigenvalue weighted by Gasteiger charge is -2.62. The Balaban J connectivity index is 1.19. The molecule has 0 bridgehead atoms. The van der Waals surface area contributed by atoms with E-state index in [1.165, 1.54) is 25.7 Å². The van der Waals surface area contributed by atoms with E-state index in [1.807, 2.05) is 24.3 Å². The van der Waals surface area contributed by atoms with Gasteiger partial charge in [-0.25, -0.2) is 0 Å². The van der Waals surface area contributed by atoms with E-state index < -0.39 is 0 Å². The molecule has 0 radical (unpaired) electrons. The largest absolute Gasteiger partial charge is 0.497 e. The number of methoxy groups -OCH3 is 1. The third-order valence-electron chi connectivity index (χ3n) is 12.0. The second-order valence-corrected chi connectivity index (χ2v) is 13.5. The Morgan fingerprint density at radius 1 is 1.05 bits per heavy atom. The van der Waals surface area contributed by atoms with Gasteiger partial charge in [0.25, 0.3) is 0 Å². The third kappa shape index (κ3) is 4.84. The number of nitrogens with one attached hydrogen (secondary N) is 1. The van der Waals surface area contributed by atoms with Crippen LogP contribution in [0.5, 0.6) is 5.75 Å². The summed E-state index contributed by atoms with van der Waals surface area (Å²) in [5.41, 5.74) is 1.30. The fourth-order valence-corrected chi connectivity index (χ4v) is 9.75. The minimum atomic E-state index is -0.264. The predicted molar refractivity (Wildman–Crippen MR) is 146 cm³/mol. The minimum absolute atomic E-state index is 0.0441. The highest BCUT2D eigenvalue weighted by Gasteiger charge is 2.63. The summed E-state index contributed by atoms with van der Waals surface area (Å²) in [5, 5.41) is 25.1. The molecule has 4 aliphatic carbocycles. The second kappa shape index (κ2) is 10.5. The van der Waals surface area contributed by atoms with Crippen LogP contribution in [0.15, 0.2) is 24.3 Å². The zero-order chi connectivity index (χ0) is 26.4. The number of fused-ring (bicyclic) bond motifs is 5. The third-order valence-corrected chi connectivity index (χ3v) is 12.0. The number of aliphatic hydroxyl groups excluding tert-OH is 2. The number of rotatable bonds is 7. The van der Waals surface area contributed by atoms with Crippen molar-refractivity contribution < 1.29 is 19.7 Å². The van der Waals surface area contributed by atoms with Crippen LogP contribution in [0, 0.1) is 46.3 Å². The van der Waals surface area contributed by atoms with Crippen LogP contribution in [0.2, 0.25) is 0 Å². The number of hydrogen-bond acceptors (Lipinski definition) is 4. The first kappa shape index (κ1) is 27.0. The van der Waals surface area contributed by atoms with Gasteiger partial charge in [-0.2, -0.15) is 0 Å². The van der Waals surface area contributed by atoms with E-state index in [2.05, 4.69) is 26.1 Å². The van der Waals surface area contributed by atoms with Gasteiger partial charge in [0, 0.05) is 13.0 Å². The summed E-state index contributed by atoms with van der Waals surface area (Å²) in [6, 6.07) is 7.82. The van der Waals surface area contributed by atoms with Crippen LogP contribution >= 0.6 is 0 Å². The van der Waals surface area contributed by atoms with Gasteiger partial charge in [-0.05, 0) is 122 Å². The smallest absolute Gasteiger partial charge is 0.220 e. The van der Waals surface area contributed by atoms with Gasteiger partial charge in [0.2, 0.25) is 5.91 Å². The summed E-state index contributed by atoms with van der Waals surface area (Å²) in [4.78, 5) is 12.7. The van der Waals surface area contributed by atoms with Crippen LogP contribution in [-0.4, -0.2) is 35.4 Å². The Bertz CT molecular complexity index is 949. The van der Waals surface area contributed by atoms with Crippen molar-refractivity contribution in [3.05, 3.63) is 29.8 Å². The van der Waals surface area contributed by atoms with Crippen molar-refractivity contribution in [1.29, 1.82) is 0 Å². The van der Waals surface area contributed by atoms with Crippen LogP contribution in [0.25, 0.3) is 0 Å². The lowest BCUT2D eigenvalue weighted by atomic mass is 9.43.